The highest BCUT2D eigenvalue weighted by Gasteiger charge is 2.27. The lowest BCUT2D eigenvalue weighted by Gasteiger charge is -2.12. The molecular formula is C21H25F2N3O5. The Morgan fingerprint density at radius 3 is 2.58 bits per heavy atom. The number of oxazole rings is 1. The number of hydroxylamine groups is 1. The number of ether oxygens (including phenoxy) is 2. The summed E-state index contributed by atoms with van der Waals surface area (Å²) in [5.74, 6) is 0.708. The van der Waals surface area contributed by atoms with E-state index in [9.17, 15) is 13.6 Å². The predicted octanol–water partition coefficient (Wildman–Crippen LogP) is 3.82. The van der Waals surface area contributed by atoms with Gasteiger partial charge < -0.3 is 19.6 Å². The number of carbonyl (C=O) groups excluding carboxylic acids is 1. The molecule has 2 fully saturated rings. The van der Waals surface area contributed by atoms with Gasteiger partial charge in [-0.15, -0.1) is 0 Å². The summed E-state index contributed by atoms with van der Waals surface area (Å²) in [6.45, 7) is -0.467. The van der Waals surface area contributed by atoms with Crippen LogP contribution in [-0.2, 0) is 4.84 Å². The summed E-state index contributed by atoms with van der Waals surface area (Å²) in [4.78, 5) is 22.0. The van der Waals surface area contributed by atoms with Gasteiger partial charge in [0.15, 0.2) is 23.0 Å². The van der Waals surface area contributed by atoms with Crippen LogP contribution in [0.15, 0.2) is 22.6 Å². The Bertz CT molecular complexity index is 926. The van der Waals surface area contributed by atoms with Crippen molar-refractivity contribution in [3.63, 3.8) is 0 Å². The fourth-order valence-electron chi connectivity index (χ4n) is 2.92. The normalized spacial score (nSPS) is 16.9. The smallest absolute Gasteiger partial charge is 0.387 e. The van der Waals surface area contributed by atoms with Crippen molar-refractivity contribution in [2.75, 3.05) is 13.2 Å². The molecule has 2 aliphatic rings. The molecule has 0 radical (unpaired) electrons. The van der Waals surface area contributed by atoms with E-state index in [0.717, 1.165) is 25.7 Å². The highest BCUT2D eigenvalue weighted by atomic mass is 19.3. The molecule has 1 atom stereocenters. The van der Waals surface area contributed by atoms with Crippen LogP contribution in [0.4, 0.5) is 8.78 Å². The second-order valence-corrected chi connectivity index (χ2v) is 8.00. The summed E-state index contributed by atoms with van der Waals surface area (Å²) in [7, 11) is 0. The van der Waals surface area contributed by atoms with Gasteiger partial charge in [0.2, 0.25) is 5.89 Å². The largest absolute Gasteiger partial charge is 0.489 e. The maximum absolute atomic E-state index is 12.7. The number of rotatable bonds is 11. The second kappa shape index (κ2) is 9.19. The first-order valence-corrected chi connectivity index (χ1v) is 10.3. The van der Waals surface area contributed by atoms with Crippen LogP contribution in [0.2, 0.25) is 0 Å². The van der Waals surface area contributed by atoms with Crippen molar-refractivity contribution < 1.29 is 32.3 Å². The minimum Gasteiger partial charge on any atom is -0.489 e. The Kier molecular flexibility index (Phi) is 6.38. The molecule has 31 heavy (non-hydrogen) atoms. The summed E-state index contributed by atoms with van der Waals surface area (Å²) < 4.78 is 41.5. The van der Waals surface area contributed by atoms with Gasteiger partial charge in [-0.25, -0.2) is 10.5 Å². The molecule has 1 aromatic heterocycles. The van der Waals surface area contributed by atoms with Crippen LogP contribution in [0.5, 0.6) is 11.5 Å². The van der Waals surface area contributed by atoms with Gasteiger partial charge in [0.1, 0.15) is 0 Å². The van der Waals surface area contributed by atoms with Crippen molar-refractivity contribution in [1.29, 1.82) is 0 Å². The van der Waals surface area contributed by atoms with Crippen LogP contribution in [-0.4, -0.2) is 30.7 Å². The molecule has 1 heterocycles. The fraction of sp³-hybridized carbons (Fsp3) is 0.524. The molecule has 0 bridgehead atoms. The number of benzene rings is 1. The van der Waals surface area contributed by atoms with Crippen molar-refractivity contribution in [2.45, 2.75) is 45.3 Å². The van der Waals surface area contributed by atoms with Gasteiger partial charge >= 0.3 is 6.61 Å². The quantitative estimate of drug-likeness (QED) is 0.514. The number of halogens is 2. The number of nitrogens with zero attached hydrogens (tertiary/aromatic N) is 1. The summed E-state index contributed by atoms with van der Waals surface area (Å²) in [6.07, 6.45) is 4.27. The Morgan fingerprint density at radius 2 is 1.94 bits per heavy atom. The molecule has 3 N–H and O–H groups in total. The first kappa shape index (κ1) is 21.5. The summed E-state index contributed by atoms with van der Waals surface area (Å²) in [5, 5.41) is 0. The third-order valence-electron chi connectivity index (χ3n) is 5.04. The molecule has 0 aliphatic heterocycles. The van der Waals surface area contributed by atoms with E-state index in [1.54, 1.807) is 6.92 Å². The van der Waals surface area contributed by atoms with Crippen molar-refractivity contribution in [3.05, 3.63) is 29.7 Å². The SMILES string of the molecule is CC(N)c1oc(-c2ccc(OC(F)F)c(OCC3CC3)c2)nc1C(=O)NOCC1CC1. The van der Waals surface area contributed by atoms with E-state index in [1.807, 2.05) is 0 Å². The number of alkyl halides is 2. The molecule has 2 saturated carbocycles. The average Bonchev–Trinajstić information content (AvgIpc) is 3.65. The summed E-state index contributed by atoms with van der Waals surface area (Å²) >= 11 is 0. The fourth-order valence-corrected chi connectivity index (χ4v) is 2.92. The highest BCUT2D eigenvalue weighted by Crippen LogP contribution is 2.37. The Morgan fingerprint density at radius 1 is 1.23 bits per heavy atom. The molecule has 10 heteroatoms. The van der Waals surface area contributed by atoms with Crippen LogP contribution in [0.3, 0.4) is 0 Å². The van der Waals surface area contributed by atoms with E-state index < -0.39 is 18.6 Å². The molecular weight excluding hydrogens is 412 g/mol. The van der Waals surface area contributed by atoms with Crippen LogP contribution in [0.1, 0.15) is 54.9 Å². The van der Waals surface area contributed by atoms with Crippen LogP contribution in [0.25, 0.3) is 11.5 Å². The number of amides is 1. The number of aromatic nitrogens is 1. The zero-order valence-electron chi connectivity index (χ0n) is 17.1. The number of hydrogen-bond acceptors (Lipinski definition) is 7. The standard InChI is InChI=1S/C21H25F2N3O5/c1-11(24)18-17(19(27)26-29-10-13-4-5-13)25-20(31-18)14-6-7-15(30-21(22)23)16(8-14)28-9-12-2-3-12/h6-8,11-13,21H,2-5,9-10,24H2,1H3,(H,26,27). The number of hydrogen-bond donors (Lipinski definition) is 2. The Labute approximate surface area is 178 Å². The Hall–Kier alpha value is -2.72. The van der Waals surface area contributed by atoms with Gasteiger partial charge in [-0.2, -0.15) is 8.78 Å². The van der Waals surface area contributed by atoms with Crippen LogP contribution < -0.4 is 20.7 Å². The van der Waals surface area contributed by atoms with Gasteiger partial charge in [0, 0.05) is 5.56 Å². The van der Waals surface area contributed by atoms with Crippen molar-refractivity contribution in [1.82, 2.24) is 10.5 Å². The maximum Gasteiger partial charge on any atom is 0.387 e. The monoisotopic (exact) mass is 437 g/mol. The van der Waals surface area contributed by atoms with Crippen molar-refractivity contribution >= 4 is 5.91 Å². The molecule has 0 saturated heterocycles. The first-order chi connectivity index (χ1) is 14.9. The van der Waals surface area contributed by atoms with Gasteiger partial charge in [-0.1, -0.05) is 0 Å². The van der Waals surface area contributed by atoms with E-state index in [-0.39, 0.29) is 28.8 Å². The molecule has 1 unspecified atom stereocenters. The predicted molar refractivity (Wildman–Crippen MR) is 106 cm³/mol. The lowest BCUT2D eigenvalue weighted by Crippen LogP contribution is -2.26. The van der Waals surface area contributed by atoms with Gasteiger partial charge in [-0.3, -0.25) is 9.63 Å². The molecule has 2 aliphatic carbocycles. The maximum atomic E-state index is 12.7. The lowest BCUT2D eigenvalue weighted by atomic mass is 10.2. The van der Waals surface area contributed by atoms with Gasteiger partial charge in [0.05, 0.1) is 19.3 Å². The number of carbonyl (C=O) groups is 1. The molecule has 4 rings (SSSR count). The summed E-state index contributed by atoms with van der Waals surface area (Å²) in [5.41, 5.74) is 8.76. The molecule has 1 aromatic carbocycles. The lowest BCUT2D eigenvalue weighted by molar-refractivity contribution is -0.0515. The van der Waals surface area contributed by atoms with Crippen LogP contribution >= 0.6 is 0 Å². The Balaban J connectivity index is 1.56. The van der Waals surface area contributed by atoms with Gasteiger partial charge in [0.25, 0.3) is 5.91 Å². The van der Waals surface area contributed by atoms with Crippen molar-refractivity contribution in [2.24, 2.45) is 17.6 Å². The van der Waals surface area contributed by atoms with E-state index in [2.05, 4.69) is 15.2 Å². The molecule has 8 nitrogen and oxygen atoms in total. The molecule has 2 aromatic rings. The molecule has 1 amide bonds. The third kappa shape index (κ3) is 5.71. The molecule has 0 spiro atoms. The minimum atomic E-state index is -2.98. The third-order valence-corrected chi connectivity index (χ3v) is 5.04. The number of nitrogens with two attached hydrogens (primary N) is 1. The first-order valence-electron chi connectivity index (χ1n) is 10.3. The van der Waals surface area contributed by atoms with Crippen LogP contribution in [0, 0.1) is 11.8 Å². The zero-order valence-corrected chi connectivity index (χ0v) is 17.1. The van der Waals surface area contributed by atoms with Crippen molar-refractivity contribution in [3.8, 4) is 23.0 Å². The second-order valence-electron chi connectivity index (χ2n) is 8.00. The van der Waals surface area contributed by atoms with E-state index in [1.165, 1.54) is 18.2 Å². The van der Waals surface area contributed by atoms with E-state index in [4.69, 9.17) is 19.7 Å². The average molecular weight is 437 g/mol. The zero-order chi connectivity index (χ0) is 22.0. The van der Waals surface area contributed by atoms with E-state index in [0.29, 0.717) is 30.6 Å². The molecule has 168 valence electrons. The van der Waals surface area contributed by atoms with Gasteiger partial charge in [-0.05, 0) is 62.6 Å². The summed E-state index contributed by atoms with van der Waals surface area (Å²) in [6, 6.07) is 3.77. The minimum absolute atomic E-state index is 0.00847. The number of nitrogens with one attached hydrogen (secondary N) is 1. The van der Waals surface area contributed by atoms with E-state index >= 15 is 0 Å². The topological polar surface area (TPSA) is 109 Å². The highest BCUT2D eigenvalue weighted by molar-refractivity contribution is 5.93.